The zero-order valence-electron chi connectivity index (χ0n) is 11.0. The largest absolute Gasteiger partial charge is 0.358 e. The van der Waals surface area contributed by atoms with Crippen LogP contribution in [-0.4, -0.2) is 16.6 Å². The summed E-state index contributed by atoms with van der Waals surface area (Å²) >= 11 is 10.8. The highest BCUT2D eigenvalue weighted by molar-refractivity contribution is 7.80. The van der Waals surface area contributed by atoms with Crippen molar-refractivity contribution in [3.63, 3.8) is 0 Å². The summed E-state index contributed by atoms with van der Waals surface area (Å²) in [6.45, 7) is 5.75. The molecule has 1 rings (SSSR count). The van der Waals surface area contributed by atoms with Gasteiger partial charge in [-0.1, -0.05) is 17.7 Å². The lowest BCUT2D eigenvalue weighted by Gasteiger charge is -2.22. The second-order valence-corrected chi connectivity index (χ2v) is 5.94. The molecule has 19 heavy (non-hydrogen) atoms. The van der Waals surface area contributed by atoms with Gasteiger partial charge in [0, 0.05) is 16.1 Å². The van der Waals surface area contributed by atoms with Crippen LogP contribution < -0.4 is 10.6 Å². The molecule has 0 bridgehead atoms. The van der Waals surface area contributed by atoms with Crippen molar-refractivity contribution in [2.24, 2.45) is 0 Å². The van der Waals surface area contributed by atoms with Crippen LogP contribution in [0.25, 0.3) is 0 Å². The molecule has 0 unspecified atom stereocenters. The molecule has 0 aromatic heterocycles. The minimum Gasteiger partial charge on any atom is -0.358 e. The first-order chi connectivity index (χ1) is 8.69. The first-order valence-electron chi connectivity index (χ1n) is 5.74. The van der Waals surface area contributed by atoms with E-state index in [1.54, 1.807) is 6.07 Å². The average molecular weight is 303 g/mol. The maximum atomic E-state index is 13.5. The second-order valence-electron chi connectivity index (χ2n) is 5.13. The van der Waals surface area contributed by atoms with Crippen molar-refractivity contribution in [3.8, 4) is 0 Å². The van der Waals surface area contributed by atoms with E-state index in [0.29, 0.717) is 0 Å². The van der Waals surface area contributed by atoms with Crippen LogP contribution in [0.3, 0.4) is 0 Å². The van der Waals surface area contributed by atoms with Gasteiger partial charge in [-0.25, -0.2) is 4.39 Å². The van der Waals surface area contributed by atoms with Crippen LogP contribution in [-0.2, 0) is 11.2 Å². The lowest BCUT2D eigenvalue weighted by atomic mass is 10.1. The fourth-order valence-electron chi connectivity index (χ4n) is 1.40. The van der Waals surface area contributed by atoms with Crippen molar-refractivity contribution in [1.82, 2.24) is 10.6 Å². The van der Waals surface area contributed by atoms with Gasteiger partial charge in [0.05, 0.1) is 6.42 Å². The van der Waals surface area contributed by atoms with E-state index in [1.165, 1.54) is 12.1 Å². The predicted octanol–water partition coefficient (Wildman–Crippen LogP) is 2.81. The molecule has 6 heteroatoms. The van der Waals surface area contributed by atoms with Crippen LogP contribution in [0, 0.1) is 5.82 Å². The van der Waals surface area contributed by atoms with E-state index in [4.69, 9.17) is 23.8 Å². The summed E-state index contributed by atoms with van der Waals surface area (Å²) in [6.07, 6.45) is -0.155. The SMILES string of the molecule is CC(C)(C)NC(=S)NC(=O)Cc1c(F)cccc1Cl. The Morgan fingerprint density at radius 3 is 2.58 bits per heavy atom. The molecule has 0 aliphatic heterocycles. The molecule has 0 saturated heterocycles. The summed E-state index contributed by atoms with van der Waals surface area (Å²) < 4.78 is 13.5. The van der Waals surface area contributed by atoms with Crippen molar-refractivity contribution in [2.75, 3.05) is 0 Å². The molecule has 2 N–H and O–H groups in total. The Balaban J connectivity index is 2.64. The molecule has 0 spiro atoms. The van der Waals surface area contributed by atoms with Crippen molar-refractivity contribution < 1.29 is 9.18 Å². The standard InChI is InChI=1S/C13H16ClFN2OS/c1-13(2,3)17-12(19)16-11(18)7-8-9(14)5-4-6-10(8)15/h4-6H,7H2,1-3H3,(H2,16,17,18,19). The summed E-state index contributed by atoms with van der Waals surface area (Å²) in [4.78, 5) is 11.7. The number of benzene rings is 1. The highest BCUT2D eigenvalue weighted by atomic mass is 35.5. The normalized spacial score (nSPS) is 11.0. The number of halogens is 2. The minimum atomic E-state index is -0.502. The molecule has 0 heterocycles. The van der Waals surface area contributed by atoms with Crippen molar-refractivity contribution in [1.29, 1.82) is 0 Å². The number of nitrogens with one attached hydrogen (secondary N) is 2. The van der Waals surface area contributed by atoms with Crippen LogP contribution in [0.5, 0.6) is 0 Å². The zero-order valence-corrected chi connectivity index (χ0v) is 12.6. The van der Waals surface area contributed by atoms with Gasteiger partial charge in [0.2, 0.25) is 5.91 Å². The summed E-state index contributed by atoms with van der Waals surface area (Å²) in [7, 11) is 0. The van der Waals surface area contributed by atoms with E-state index in [0.717, 1.165) is 0 Å². The summed E-state index contributed by atoms with van der Waals surface area (Å²) in [5.41, 5.74) is -0.0831. The summed E-state index contributed by atoms with van der Waals surface area (Å²) in [6, 6.07) is 4.30. The van der Waals surface area contributed by atoms with Gasteiger partial charge in [-0.3, -0.25) is 4.79 Å². The van der Waals surface area contributed by atoms with Gasteiger partial charge in [0.15, 0.2) is 5.11 Å². The minimum absolute atomic E-state index is 0.155. The quantitative estimate of drug-likeness (QED) is 0.826. The van der Waals surface area contributed by atoms with Crippen molar-refractivity contribution in [2.45, 2.75) is 32.7 Å². The van der Waals surface area contributed by atoms with E-state index in [9.17, 15) is 9.18 Å². The number of carbonyl (C=O) groups excluding carboxylic acids is 1. The monoisotopic (exact) mass is 302 g/mol. The number of amides is 1. The molecule has 0 saturated carbocycles. The van der Waals surface area contributed by atoms with Gasteiger partial charge in [0.25, 0.3) is 0 Å². The Kier molecular flexibility index (Phi) is 5.26. The van der Waals surface area contributed by atoms with Gasteiger partial charge in [-0.2, -0.15) is 0 Å². The van der Waals surface area contributed by atoms with Crippen molar-refractivity contribution >= 4 is 34.8 Å². The molecule has 1 aromatic carbocycles. The molecule has 3 nitrogen and oxygen atoms in total. The van der Waals surface area contributed by atoms with Gasteiger partial charge in [-0.05, 0) is 45.1 Å². The smallest absolute Gasteiger partial charge is 0.230 e. The summed E-state index contributed by atoms with van der Waals surface area (Å²) in [5.74, 6) is -0.911. The van der Waals surface area contributed by atoms with Crippen LogP contribution >= 0.6 is 23.8 Å². The Labute approximate surface area is 122 Å². The first-order valence-corrected chi connectivity index (χ1v) is 6.52. The van der Waals surface area contributed by atoms with Crippen LogP contribution in [0.1, 0.15) is 26.3 Å². The molecule has 0 aliphatic carbocycles. The third-order valence-electron chi connectivity index (χ3n) is 2.14. The molecular formula is C13H16ClFN2OS. The predicted molar refractivity (Wildman–Crippen MR) is 78.7 cm³/mol. The number of rotatable bonds is 2. The Hall–Kier alpha value is -1.20. The third kappa shape index (κ3) is 5.53. The molecule has 1 aromatic rings. The Morgan fingerprint density at radius 1 is 1.42 bits per heavy atom. The molecule has 104 valence electrons. The van der Waals surface area contributed by atoms with Crippen LogP contribution in [0.2, 0.25) is 5.02 Å². The van der Waals surface area contributed by atoms with E-state index in [2.05, 4.69) is 10.6 Å². The van der Waals surface area contributed by atoms with Gasteiger partial charge >= 0.3 is 0 Å². The maximum absolute atomic E-state index is 13.5. The highest BCUT2D eigenvalue weighted by Crippen LogP contribution is 2.19. The van der Waals surface area contributed by atoms with Gasteiger partial charge < -0.3 is 10.6 Å². The van der Waals surface area contributed by atoms with Gasteiger partial charge in [-0.15, -0.1) is 0 Å². The molecule has 0 fully saturated rings. The molecular weight excluding hydrogens is 287 g/mol. The molecule has 0 atom stereocenters. The Bertz CT molecular complexity index is 480. The zero-order chi connectivity index (χ0) is 14.6. The number of carbonyl (C=O) groups is 1. The topological polar surface area (TPSA) is 41.1 Å². The van der Waals surface area contributed by atoms with E-state index >= 15 is 0 Å². The fourth-order valence-corrected chi connectivity index (χ4v) is 2.05. The molecule has 0 aliphatic rings. The van der Waals surface area contributed by atoms with Crippen LogP contribution in [0.15, 0.2) is 18.2 Å². The number of thiocarbonyl (C=S) groups is 1. The second kappa shape index (κ2) is 6.30. The Morgan fingerprint density at radius 2 is 2.05 bits per heavy atom. The van der Waals surface area contributed by atoms with E-state index < -0.39 is 11.7 Å². The average Bonchev–Trinajstić information content (AvgIpc) is 2.20. The van der Waals surface area contributed by atoms with Crippen molar-refractivity contribution in [3.05, 3.63) is 34.6 Å². The summed E-state index contributed by atoms with van der Waals surface area (Å²) in [5, 5.41) is 5.87. The first kappa shape index (κ1) is 15.9. The molecule has 1 amide bonds. The number of hydrogen-bond donors (Lipinski definition) is 2. The van der Waals surface area contributed by atoms with Crippen LogP contribution in [0.4, 0.5) is 4.39 Å². The molecule has 0 radical (unpaired) electrons. The van der Waals surface area contributed by atoms with E-state index in [-0.39, 0.29) is 27.7 Å². The number of hydrogen-bond acceptors (Lipinski definition) is 2. The maximum Gasteiger partial charge on any atom is 0.230 e. The van der Waals surface area contributed by atoms with E-state index in [1.807, 2.05) is 20.8 Å². The lowest BCUT2D eigenvalue weighted by Crippen LogP contribution is -2.48. The highest BCUT2D eigenvalue weighted by Gasteiger charge is 2.15. The fraction of sp³-hybridized carbons (Fsp3) is 0.385. The third-order valence-corrected chi connectivity index (χ3v) is 2.70. The lowest BCUT2D eigenvalue weighted by molar-refractivity contribution is -0.119. The van der Waals surface area contributed by atoms with Gasteiger partial charge in [0.1, 0.15) is 5.82 Å².